The number of sulfonamides is 1. The molecule has 34 heavy (non-hydrogen) atoms. The maximum atomic E-state index is 12.9. The highest BCUT2D eigenvalue weighted by atomic mass is 32.2. The van der Waals surface area contributed by atoms with E-state index in [1.165, 1.54) is 0 Å². The van der Waals surface area contributed by atoms with Crippen molar-refractivity contribution in [1.82, 2.24) is 14.3 Å². The lowest BCUT2D eigenvalue weighted by Crippen LogP contribution is -2.31. The van der Waals surface area contributed by atoms with Crippen LogP contribution in [0.3, 0.4) is 0 Å². The Labute approximate surface area is 200 Å². The lowest BCUT2D eigenvalue weighted by atomic mass is 10.1. The highest BCUT2D eigenvalue weighted by molar-refractivity contribution is 7.89. The minimum Gasteiger partial charge on any atom is -0.424 e. The van der Waals surface area contributed by atoms with Crippen molar-refractivity contribution in [1.29, 1.82) is 0 Å². The minimum atomic E-state index is -3.46. The van der Waals surface area contributed by atoms with Gasteiger partial charge < -0.3 is 10.1 Å². The van der Waals surface area contributed by atoms with Gasteiger partial charge in [0.05, 0.1) is 4.90 Å². The summed E-state index contributed by atoms with van der Waals surface area (Å²) in [6.07, 6.45) is 7.96. The molecule has 0 bridgehead atoms. The van der Waals surface area contributed by atoms with E-state index >= 15 is 0 Å². The van der Waals surface area contributed by atoms with Crippen molar-refractivity contribution in [2.75, 3.05) is 18.4 Å². The van der Waals surface area contributed by atoms with Crippen LogP contribution in [0.2, 0.25) is 0 Å². The summed E-state index contributed by atoms with van der Waals surface area (Å²) < 4.78 is 32.9. The first-order valence-electron chi connectivity index (χ1n) is 11.4. The van der Waals surface area contributed by atoms with Crippen molar-refractivity contribution < 1.29 is 17.9 Å². The molecule has 1 aliphatic rings. The van der Waals surface area contributed by atoms with Crippen LogP contribution < -0.4 is 10.1 Å². The average Bonchev–Trinajstić information content (AvgIpc) is 3.15. The second-order valence-electron chi connectivity index (χ2n) is 8.17. The summed E-state index contributed by atoms with van der Waals surface area (Å²) in [5, 5.41) is 2.86. The van der Waals surface area contributed by atoms with E-state index in [-0.39, 0.29) is 18.3 Å². The molecule has 1 aromatic heterocycles. The maximum Gasteiger partial charge on any atom is 0.321 e. The van der Waals surface area contributed by atoms with Crippen molar-refractivity contribution in [2.24, 2.45) is 0 Å². The van der Waals surface area contributed by atoms with Crippen LogP contribution in [0.5, 0.6) is 11.8 Å². The van der Waals surface area contributed by atoms with Gasteiger partial charge in [-0.3, -0.25) is 4.79 Å². The molecule has 1 aliphatic heterocycles. The molecule has 8 nitrogen and oxygen atoms in total. The lowest BCUT2D eigenvalue weighted by molar-refractivity contribution is -0.116. The molecule has 1 saturated heterocycles. The van der Waals surface area contributed by atoms with E-state index < -0.39 is 10.0 Å². The topological polar surface area (TPSA) is 101 Å². The van der Waals surface area contributed by atoms with Gasteiger partial charge in [0.2, 0.25) is 15.9 Å². The average molecular weight is 481 g/mol. The number of anilines is 1. The fourth-order valence-corrected chi connectivity index (χ4v) is 5.31. The molecule has 0 saturated carbocycles. The van der Waals surface area contributed by atoms with E-state index in [2.05, 4.69) is 15.3 Å². The van der Waals surface area contributed by atoms with E-state index in [9.17, 15) is 13.2 Å². The third-order valence-electron chi connectivity index (χ3n) is 5.66. The molecule has 0 spiro atoms. The van der Waals surface area contributed by atoms with Gasteiger partial charge in [-0.15, -0.1) is 0 Å². The molecule has 1 amide bonds. The molecule has 0 radical (unpaired) electrons. The molecule has 178 valence electrons. The van der Waals surface area contributed by atoms with Gasteiger partial charge in [-0.05, 0) is 67.3 Å². The fraction of sp³-hybridized carbons (Fsp3) is 0.320. The Bertz CT molecular complexity index is 1180. The van der Waals surface area contributed by atoms with Crippen LogP contribution in [0.25, 0.3) is 0 Å². The maximum absolute atomic E-state index is 12.9. The summed E-state index contributed by atoms with van der Waals surface area (Å²) in [5.41, 5.74) is 1.57. The van der Waals surface area contributed by atoms with Crippen LogP contribution in [-0.4, -0.2) is 41.7 Å². The molecular weight excluding hydrogens is 452 g/mol. The molecule has 0 aliphatic carbocycles. The van der Waals surface area contributed by atoms with Gasteiger partial charge in [-0.2, -0.15) is 4.31 Å². The first kappa shape index (κ1) is 23.8. The first-order chi connectivity index (χ1) is 16.5. The molecule has 9 heteroatoms. The van der Waals surface area contributed by atoms with Gasteiger partial charge >= 0.3 is 6.01 Å². The summed E-state index contributed by atoms with van der Waals surface area (Å²) >= 11 is 0. The summed E-state index contributed by atoms with van der Waals surface area (Å²) in [6.45, 7) is 1.16. The molecule has 2 aromatic carbocycles. The zero-order valence-electron chi connectivity index (χ0n) is 18.9. The van der Waals surface area contributed by atoms with Gasteiger partial charge in [-0.1, -0.05) is 25.0 Å². The van der Waals surface area contributed by atoms with Crippen molar-refractivity contribution >= 4 is 21.6 Å². The molecule has 1 fully saturated rings. The zero-order chi connectivity index (χ0) is 23.8. The Morgan fingerprint density at radius 1 is 0.912 bits per heavy atom. The summed E-state index contributed by atoms with van der Waals surface area (Å²) in [5.74, 6) is 0.445. The van der Waals surface area contributed by atoms with E-state index in [4.69, 9.17) is 4.74 Å². The molecule has 0 unspecified atom stereocenters. The zero-order valence-corrected chi connectivity index (χ0v) is 19.7. The van der Waals surface area contributed by atoms with E-state index in [0.29, 0.717) is 35.8 Å². The number of nitrogens with one attached hydrogen (secondary N) is 1. The van der Waals surface area contributed by atoms with E-state index in [1.54, 1.807) is 71.3 Å². The number of aromatic nitrogens is 2. The van der Waals surface area contributed by atoms with Crippen LogP contribution in [0.4, 0.5) is 5.69 Å². The van der Waals surface area contributed by atoms with Crippen molar-refractivity contribution in [3.63, 3.8) is 0 Å². The van der Waals surface area contributed by atoms with Crippen LogP contribution in [-0.2, 0) is 21.2 Å². The van der Waals surface area contributed by atoms with Gasteiger partial charge in [0, 0.05) is 37.6 Å². The minimum absolute atomic E-state index is 0.124. The number of carbonyl (C=O) groups excluding carboxylic acids is 1. The van der Waals surface area contributed by atoms with Gasteiger partial charge in [0.1, 0.15) is 5.75 Å². The highest BCUT2D eigenvalue weighted by Crippen LogP contribution is 2.22. The normalized spacial score (nSPS) is 14.8. The Kier molecular flexibility index (Phi) is 7.87. The quantitative estimate of drug-likeness (QED) is 0.513. The number of amides is 1. The fourth-order valence-electron chi connectivity index (χ4n) is 3.79. The van der Waals surface area contributed by atoms with E-state index in [0.717, 1.165) is 31.2 Å². The number of rotatable bonds is 8. The Morgan fingerprint density at radius 3 is 2.21 bits per heavy atom. The Morgan fingerprint density at radius 2 is 1.56 bits per heavy atom. The van der Waals surface area contributed by atoms with Crippen LogP contribution in [0.1, 0.15) is 37.7 Å². The predicted molar refractivity (Wildman–Crippen MR) is 129 cm³/mol. The molecule has 3 aromatic rings. The number of ether oxygens (including phenoxy) is 1. The second-order valence-corrected chi connectivity index (χ2v) is 10.1. The number of hydrogen-bond donors (Lipinski definition) is 1. The van der Waals surface area contributed by atoms with Crippen LogP contribution >= 0.6 is 0 Å². The standard InChI is InChI=1S/C25H28N4O4S/c30-24(28-21-9-11-22(12-10-21)33-25-26-16-5-17-27-25)15-8-20-6-13-23(14-7-20)34(31,32)29-18-3-1-2-4-19-29/h5-7,9-14,16-17H,1-4,8,15,18-19H2,(H,28,30). The number of benzene rings is 2. The number of carbonyl (C=O) groups is 1. The number of nitrogens with zero attached hydrogens (tertiary/aromatic N) is 3. The Balaban J connectivity index is 1.27. The Hall–Kier alpha value is -3.30. The SMILES string of the molecule is O=C(CCc1ccc(S(=O)(=O)N2CCCCCC2)cc1)Nc1ccc(Oc2ncccn2)cc1. The molecule has 4 rings (SSSR count). The van der Waals surface area contributed by atoms with Crippen molar-refractivity contribution in [2.45, 2.75) is 43.4 Å². The summed E-state index contributed by atoms with van der Waals surface area (Å²) in [6, 6.07) is 15.8. The predicted octanol–water partition coefficient (Wildman–Crippen LogP) is 4.40. The second kappa shape index (κ2) is 11.2. The molecule has 1 N–H and O–H groups in total. The molecule has 2 heterocycles. The van der Waals surface area contributed by atoms with Gasteiger partial charge in [0.25, 0.3) is 0 Å². The van der Waals surface area contributed by atoms with Gasteiger partial charge in [0.15, 0.2) is 0 Å². The van der Waals surface area contributed by atoms with Crippen molar-refractivity contribution in [3.8, 4) is 11.8 Å². The monoisotopic (exact) mass is 480 g/mol. The molecule has 0 atom stereocenters. The third-order valence-corrected chi connectivity index (χ3v) is 7.57. The highest BCUT2D eigenvalue weighted by Gasteiger charge is 2.24. The van der Waals surface area contributed by atoms with E-state index in [1.807, 2.05) is 0 Å². The van der Waals surface area contributed by atoms with Crippen LogP contribution in [0, 0.1) is 0 Å². The van der Waals surface area contributed by atoms with Gasteiger partial charge in [-0.25, -0.2) is 18.4 Å². The first-order valence-corrected chi connectivity index (χ1v) is 12.9. The van der Waals surface area contributed by atoms with Crippen molar-refractivity contribution in [3.05, 3.63) is 72.6 Å². The smallest absolute Gasteiger partial charge is 0.321 e. The summed E-state index contributed by atoms with van der Waals surface area (Å²) in [4.78, 5) is 20.7. The lowest BCUT2D eigenvalue weighted by Gasteiger charge is -2.20. The largest absolute Gasteiger partial charge is 0.424 e. The number of hydrogen-bond acceptors (Lipinski definition) is 6. The number of aryl methyl sites for hydroxylation is 1. The summed E-state index contributed by atoms with van der Waals surface area (Å²) in [7, 11) is -3.46. The third kappa shape index (κ3) is 6.39. The molecular formula is C25H28N4O4S. The van der Waals surface area contributed by atoms with Crippen LogP contribution in [0.15, 0.2) is 71.9 Å².